The van der Waals surface area contributed by atoms with Crippen LogP contribution < -0.4 is 14.8 Å². The number of hydrogen-bond acceptors (Lipinski definition) is 8. The molecule has 0 saturated carbocycles. The minimum Gasteiger partial charge on any atom is -0.497 e. The average Bonchev–Trinajstić information content (AvgIpc) is 3.52. The zero-order chi connectivity index (χ0) is 30.3. The van der Waals surface area contributed by atoms with Gasteiger partial charge in [-0.2, -0.15) is 13.2 Å². The van der Waals surface area contributed by atoms with Gasteiger partial charge in [0.25, 0.3) is 5.91 Å². The first-order valence-corrected chi connectivity index (χ1v) is 13.3. The highest BCUT2D eigenvalue weighted by Crippen LogP contribution is 2.36. The van der Waals surface area contributed by atoms with Crippen molar-refractivity contribution in [1.29, 1.82) is 0 Å². The number of halogens is 3. The van der Waals surface area contributed by atoms with Gasteiger partial charge in [-0.1, -0.05) is 6.07 Å². The van der Waals surface area contributed by atoms with Gasteiger partial charge in [0.1, 0.15) is 28.2 Å². The second-order valence-electron chi connectivity index (χ2n) is 10.1. The van der Waals surface area contributed by atoms with E-state index in [-0.39, 0.29) is 18.9 Å². The molecule has 1 atom stereocenters. The maximum Gasteiger partial charge on any atom is 0.416 e. The van der Waals surface area contributed by atoms with Crippen LogP contribution in [0.15, 0.2) is 61.2 Å². The van der Waals surface area contributed by atoms with Crippen LogP contribution in [0.2, 0.25) is 0 Å². The third-order valence-corrected chi connectivity index (χ3v) is 7.54. The minimum absolute atomic E-state index is 0.0396. The molecule has 0 spiro atoms. The molecule has 4 heterocycles. The van der Waals surface area contributed by atoms with Crippen LogP contribution in [-0.2, 0) is 24.1 Å². The summed E-state index contributed by atoms with van der Waals surface area (Å²) in [5.74, 6) is 1.50. The SMILES string of the molecule is COc1ccc(CNc2nc3cnc(C(=O)N(C)[C@@H]4COCc5cc(C(F)(F)F)ccc54)cc3n3cncc23)c(OC)c1. The van der Waals surface area contributed by atoms with Crippen LogP contribution in [0.4, 0.5) is 19.0 Å². The molecule has 1 amide bonds. The highest BCUT2D eigenvalue weighted by molar-refractivity contribution is 5.96. The lowest BCUT2D eigenvalue weighted by atomic mass is 9.95. The van der Waals surface area contributed by atoms with Crippen molar-refractivity contribution in [1.82, 2.24) is 24.3 Å². The van der Waals surface area contributed by atoms with E-state index in [9.17, 15) is 18.0 Å². The van der Waals surface area contributed by atoms with Crippen molar-refractivity contribution in [2.45, 2.75) is 25.4 Å². The van der Waals surface area contributed by atoms with E-state index < -0.39 is 23.7 Å². The van der Waals surface area contributed by atoms with Crippen LogP contribution in [0.5, 0.6) is 11.5 Å². The lowest BCUT2D eigenvalue weighted by Crippen LogP contribution is -2.36. The number of pyridine rings is 1. The Morgan fingerprint density at radius 3 is 2.72 bits per heavy atom. The van der Waals surface area contributed by atoms with E-state index in [1.165, 1.54) is 17.2 Å². The molecule has 0 unspecified atom stereocenters. The Hall–Kier alpha value is -4.91. The van der Waals surface area contributed by atoms with Gasteiger partial charge in [-0.25, -0.2) is 15.0 Å². The molecule has 43 heavy (non-hydrogen) atoms. The molecule has 0 bridgehead atoms. The van der Waals surface area contributed by atoms with E-state index in [1.54, 1.807) is 45.9 Å². The monoisotopic (exact) mass is 592 g/mol. The standard InChI is InChI=1S/C30H27F3N6O4/c1-38(26-15-43-14-18-8-19(30(31,32)33)5-7-21(18)26)29(40)22-10-24-23(12-35-22)37-28(25-13-34-16-39(24)25)36-11-17-4-6-20(41-2)9-27(17)42-3/h4-10,12-13,16,26H,11,14-15H2,1-3H3,(H,36,37)/t26-/m1/s1. The number of alkyl halides is 3. The number of anilines is 1. The molecule has 0 saturated heterocycles. The quantitative estimate of drug-likeness (QED) is 0.273. The highest BCUT2D eigenvalue weighted by Gasteiger charge is 2.34. The first kappa shape index (κ1) is 28.2. The molecule has 1 aliphatic heterocycles. The van der Waals surface area contributed by atoms with Gasteiger partial charge in [-0.3, -0.25) is 9.20 Å². The van der Waals surface area contributed by atoms with Crippen molar-refractivity contribution in [3.8, 4) is 11.5 Å². The number of aromatic nitrogens is 4. The molecule has 1 N–H and O–H groups in total. The zero-order valence-electron chi connectivity index (χ0n) is 23.5. The molecule has 6 rings (SSSR count). The Bertz CT molecular complexity index is 1840. The number of nitrogens with one attached hydrogen (secondary N) is 1. The minimum atomic E-state index is -4.47. The molecular formula is C30H27F3N6O4. The molecule has 222 valence electrons. The van der Waals surface area contributed by atoms with Crippen molar-refractivity contribution in [3.63, 3.8) is 0 Å². The second kappa shape index (κ2) is 11.1. The first-order chi connectivity index (χ1) is 20.7. The van der Waals surface area contributed by atoms with Crippen LogP contribution in [0.25, 0.3) is 16.6 Å². The van der Waals surface area contributed by atoms with Crippen molar-refractivity contribution in [3.05, 3.63) is 89.1 Å². The fourth-order valence-electron chi connectivity index (χ4n) is 5.23. The maximum absolute atomic E-state index is 13.6. The summed E-state index contributed by atoms with van der Waals surface area (Å²) in [6.45, 7) is 0.601. The summed E-state index contributed by atoms with van der Waals surface area (Å²) >= 11 is 0. The summed E-state index contributed by atoms with van der Waals surface area (Å²) in [7, 11) is 4.76. The Balaban J connectivity index is 1.28. The van der Waals surface area contributed by atoms with Crippen molar-refractivity contribution in [2.24, 2.45) is 0 Å². The Kier molecular flexibility index (Phi) is 7.26. The average molecular weight is 593 g/mol. The van der Waals surface area contributed by atoms with Gasteiger partial charge in [0.15, 0.2) is 5.82 Å². The number of carbonyl (C=O) groups is 1. The van der Waals surface area contributed by atoms with Crippen LogP contribution in [0, 0.1) is 0 Å². The molecule has 5 aromatic rings. The summed E-state index contributed by atoms with van der Waals surface area (Å²) in [6.07, 6.45) is 0.332. The maximum atomic E-state index is 13.6. The molecule has 10 nitrogen and oxygen atoms in total. The topological polar surface area (TPSA) is 103 Å². The number of carbonyl (C=O) groups excluding carboxylic acids is 1. The fourth-order valence-corrected chi connectivity index (χ4v) is 5.23. The van der Waals surface area contributed by atoms with E-state index in [0.717, 1.165) is 17.7 Å². The lowest BCUT2D eigenvalue weighted by molar-refractivity contribution is -0.137. The molecule has 0 radical (unpaired) electrons. The Morgan fingerprint density at radius 1 is 1.12 bits per heavy atom. The number of benzene rings is 2. The van der Waals surface area contributed by atoms with E-state index in [2.05, 4.69) is 15.3 Å². The van der Waals surface area contributed by atoms with E-state index in [0.29, 0.717) is 51.5 Å². The van der Waals surface area contributed by atoms with E-state index >= 15 is 0 Å². The fraction of sp³-hybridized carbons (Fsp3) is 0.267. The van der Waals surface area contributed by atoms with Gasteiger partial charge in [0, 0.05) is 25.2 Å². The number of hydrogen-bond donors (Lipinski definition) is 1. The Morgan fingerprint density at radius 2 is 1.95 bits per heavy atom. The number of methoxy groups -OCH3 is 2. The Labute approximate surface area is 244 Å². The van der Waals surface area contributed by atoms with Gasteiger partial charge >= 0.3 is 6.18 Å². The first-order valence-electron chi connectivity index (χ1n) is 13.3. The zero-order valence-corrected chi connectivity index (χ0v) is 23.5. The predicted molar refractivity (Wildman–Crippen MR) is 151 cm³/mol. The number of ether oxygens (including phenoxy) is 3. The summed E-state index contributed by atoms with van der Waals surface area (Å²) in [5.41, 5.74) is 3.12. The number of amides is 1. The van der Waals surface area contributed by atoms with Crippen LogP contribution >= 0.6 is 0 Å². The molecule has 3 aromatic heterocycles. The molecule has 0 fully saturated rings. The summed E-state index contributed by atoms with van der Waals surface area (Å²) in [5, 5.41) is 3.34. The molecule has 0 aliphatic carbocycles. The number of fused-ring (bicyclic) bond motifs is 4. The van der Waals surface area contributed by atoms with Crippen LogP contribution in [0.1, 0.15) is 38.8 Å². The van der Waals surface area contributed by atoms with Crippen molar-refractivity contribution < 1.29 is 32.2 Å². The molecule has 2 aromatic carbocycles. The van der Waals surface area contributed by atoms with Crippen LogP contribution in [0.3, 0.4) is 0 Å². The van der Waals surface area contributed by atoms with Gasteiger partial charge in [-0.05, 0) is 41.5 Å². The number of imidazole rings is 1. The normalized spacial score (nSPS) is 14.9. The molecule has 1 aliphatic rings. The predicted octanol–water partition coefficient (Wildman–Crippen LogP) is 5.27. The third kappa shape index (κ3) is 5.27. The van der Waals surface area contributed by atoms with Crippen molar-refractivity contribution >= 4 is 28.3 Å². The summed E-state index contributed by atoms with van der Waals surface area (Å²) in [4.78, 5) is 28.4. The van der Waals surface area contributed by atoms with Crippen LogP contribution in [-0.4, -0.2) is 58.0 Å². The number of likely N-dealkylation sites (N-methyl/N-ethyl adjacent to an activating group) is 1. The second-order valence-corrected chi connectivity index (χ2v) is 10.1. The largest absolute Gasteiger partial charge is 0.497 e. The smallest absolute Gasteiger partial charge is 0.416 e. The highest BCUT2D eigenvalue weighted by atomic mass is 19.4. The third-order valence-electron chi connectivity index (χ3n) is 7.54. The van der Waals surface area contributed by atoms with Gasteiger partial charge < -0.3 is 24.4 Å². The van der Waals surface area contributed by atoms with Gasteiger partial charge in [-0.15, -0.1) is 0 Å². The molecular weight excluding hydrogens is 565 g/mol. The van der Waals surface area contributed by atoms with E-state index in [4.69, 9.17) is 19.2 Å². The lowest BCUT2D eigenvalue weighted by Gasteiger charge is -2.33. The van der Waals surface area contributed by atoms with Gasteiger partial charge in [0.2, 0.25) is 0 Å². The van der Waals surface area contributed by atoms with Gasteiger partial charge in [0.05, 0.1) is 63.3 Å². The number of rotatable bonds is 7. The summed E-state index contributed by atoms with van der Waals surface area (Å²) in [6, 6.07) is 10.1. The summed E-state index contributed by atoms with van der Waals surface area (Å²) < 4.78 is 57.9. The number of nitrogens with zero attached hydrogens (tertiary/aromatic N) is 5. The molecule has 13 heteroatoms. The van der Waals surface area contributed by atoms with E-state index in [1.807, 2.05) is 16.5 Å². The van der Waals surface area contributed by atoms with Crippen molar-refractivity contribution in [2.75, 3.05) is 33.2 Å².